The number of nitrogens with one attached hydrogen (secondary N) is 1. The van der Waals surface area contributed by atoms with E-state index in [0.29, 0.717) is 23.2 Å². The minimum absolute atomic E-state index is 0.291. The van der Waals surface area contributed by atoms with Crippen molar-refractivity contribution < 1.29 is 19.0 Å². The van der Waals surface area contributed by atoms with Crippen LogP contribution in [0, 0.1) is 5.92 Å². The van der Waals surface area contributed by atoms with Gasteiger partial charge in [0.25, 0.3) is 0 Å². The fourth-order valence-electron chi connectivity index (χ4n) is 4.10. The molecule has 1 saturated heterocycles. The molecule has 1 N–H and O–H groups in total. The second-order valence-electron chi connectivity index (χ2n) is 6.86. The number of hydrogen-bond donors (Lipinski definition) is 1. The molecule has 2 aromatic carbocycles. The van der Waals surface area contributed by atoms with Gasteiger partial charge < -0.3 is 19.5 Å². The van der Waals surface area contributed by atoms with Crippen molar-refractivity contribution in [2.24, 2.45) is 5.92 Å². The van der Waals surface area contributed by atoms with Gasteiger partial charge in [-0.3, -0.25) is 9.69 Å². The third kappa shape index (κ3) is 2.69. The van der Waals surface area contributed by atoms with E-state index in [4.69, 9.17) is 26.4 Å². The first-order valence-corrected chi connectivity index (χ1v) is 9.60. The Balaban J connectivity index is 1.91. The molecule has 3 atom stereocenters. The van der Waals surface area contributed by atoms with Gasteiger partial charge in [0.1, 0.15) is 17.4 Å². The molecule has 146 valence electrons. The number of carbonyl (C=O) groups excluding carboxylic acids is 1. The van der Waals surface area contributed by atoms with E-state index in [-0.39, 0.29) is 12.0 Å². The van der Waals surface area contributed by atoms with Crippen molar-refractivity contribution >= 4 is 29.0 Å². The molecule has 0 radical (unpaired) electrons. The molecule has 6 nitrogen and oxygen atoms in total. The summed E-state index contributed by atoms with van der Waals surface area (Å²) in [7, 11) is 1.60. The first-order chi connectivity index (χ1) is 13.5. The van der Waals surface area contributed by atoms with Crippen molar-refractivity contribution in [3.8, 4) is 11.5 Å². The van der Waals surface area contributed by atoms with Gasteiger partial charge in [-0.2, -0.15) is 0 Å². The Morgan fingerprint density at radius 2 is 1.96 bits per heavy atom. The van der Waals surface area contributed by atoms with E-state index in [9.17, 15) is 4.79 Å². The van der Waals surface area contributed by atoms with Gasteiger partial charge in [-0.1, -0.05) is 30.3 Å². The molecule has 2 bridgehead atoms. The van der Waals surface area contributed by atoms with Crippen molar-refractivity contribution in [3.63, 3.8) is 0 Å². The smallest absolute Gasteiger partial charge is 0.317 e. The number of hydrogen-bond acceptors (Lipinski definition) is 5. The molecule has 4 rings (SSSR count). The van der Waals surface area contributed by atoms with Crippen molar-refractivity contribution in [1.29, 1.82) is 0 Å². The third-order valence-corrected chi connectivity index (χ3v) is 5.57. The second kappa shape index (κ2) is 6.98. The van der Waals surface area contributed by atoms with Crippen LogP contribution < -0.4 is 19.7 Å². The molecule has 7 heteroatoms. The number of esters is 1. The van der Waals surface area contributed by atoms with Crippen molar-refractivity contribution in [2.45, 2.75) is 25.6 Å². The predicted octanol–water partition coefficient (Wildman–Crippen LogP) is 3.42. The molecule has 0 unspecified atom stereocenters. The molecule has 2 heterocycles. The van der Waals surface area contributed by atoms with E-state index in [1.807, 2.05) is 60.4 Å². The lowest BCUT2D eigenvalue weighted by Gasteiger charge is -2.55. The highest BCUT2D eigenvalue weighted by Crippen LogP contribution is 2.50. The quantitative estimate of drug-likeness (QED) is 0.625. The Bertz CT molecular complexity index is 934. The minimum atomic E-state index is -1.08. The number of ether oxygens (including phenoxy) is 3. The van der Waals surface area contributed by atoms with Gasteiger partial charge in [-0.25, -0.2) is 0 Å². The Kier molecular flexibility index (Phi) is 4.63. The van der Waals surface area contributed by atoms with Crippen LogP contribution in [-0.2, 0) is 9.53 Å². The van der Waals surface area contributed by atoms with Crippen LogP contribution >= 0.6 is 12.2 Å². The number of benzene rings is 2. The summed E-state index contributed by atoms with van der Waals surface area (Å²) in [4.78, 5) is 14.8. The number of rotatable bonds is 4. The zero-order chi connectivity index (χ0) is 19.9. The van der Waals surface area contributed by atoms with Gasteiger partial charge in [0, 0.05) is 5.56 Å². The number of fused-ring (bicyclic) bond motifs is 4. The monoisotopic (exact) mass is 398 g/mol. The summed E-state index contributed by atoms with van der Waals surface area (Å²) in [6, 6.07) is 14.9. The van der Waals surface area contributed by atoms with Crippen LogP contribution in [0.1, 0.15) is 25.5 Å². The fraction of sp³-hybridized carbons (Fsp3) is 0.333. The van der Waals surface area contributed by atoms with E-state index >= 15 is 0 Å². The van der Waals surface area contributed by atoms with E-state index in [2.05, 4.69) is 5.32 Å². The van der Waals surface area contributed by atoms with Gasteiger partial charge in [0.15, 0.2) is 5.11 Å². The molecular formula is C21H22N2O4S. The molecule has 0 aliphatic carbocycles. The summed E-state index contributed by atoms with van der Waals surface area (Å²) in [6.07, 6.45) is 0. The molecule has 2 aliphatic heterocycles. The Morgan fingerprint density at radius 1 is 1.25 bits per heavy atom. The molecule has 0 saturated carbocycles. The molecule has 2 aromatic rings. The zero-order valence-corrected chi connectivity index (χ0v) is 16.8. The highest BCUT2D eigenvalue weighted by Gasteiger charge is 2.60. The lowest BCUT2D eigenvalue weighted by Crippen LogP contribution is -2.71. The number of carbonyl (C=O) groups is 1. The topological polar surface area (TPSA) is 60.0 Å². The predicted molar refractivity (Wildman–Crippen MR) is 110 cm³/mol. The van der Waals surface area contributed by atoms with Gasteiger partial charge >= 0.3 is 5.97 Å². The zero-order valence-electron chi connectivity index (χ0n) is 16.0. The molecule has 2 aliphatic rings. The minimum Gasteiger partial charge on any atom is -0.495 e. The number of thiocarbonyl (C=S) groups is 1. The Morgan fingerprint density at radius 3 is 2.71 bits per heavy atom. The van der Waals surface area contributed by atoms with Crippen LogP contribution in [0.5, 0.6) is 11.5 Å². The van der Waals surface area contributed by atoms with Crippen LogP contribution in [0.3, 0.4) is 0 Å². The summed E-state index contributed by atoms with van der Waals surface area (Å²) in [5.74, 6) is 0.389. The summed E-state index contributed by atoms with van der Waals surface area (Å²) < 4.78 is 17.4. The summed E-state index contributed by atoms with van der Waals surface area (Å²) in [5, 5.41) is 3.80. The molecular weight excluding hydrogens is 376 g/mol. The van der Waals surface area contributed by atoms with Crippen LogP contribution in [0.15, 0.2) is 48.5 Å². The van der Waals surface area contributed by atoms with Gasteiger partial charge in [0.2, 0.25) is 5.72 Å². The van der Waals surface area contributed by atoms with Crippen molar-refractivity contribution in [3.05, 3.63) is 54.1 Å². The van der Waals surface area contributed by atoms with Gasteiger partial charge in [-0.05, 0) is 44.3 Å². The number of para-hydroxylation sites is 3. The molecule has 0 aromatic heterocycles. The second-order valence-corrected chi connectivity index (χ2v) is 7.25. The van der Waals surface area contributed by atoms with Crippen molar-refractivity contribution in [2.75, 3.05) is 18.6 Å². The molecule has 0 amide bonds. The summed E-state index contributed by atoms with van der Waals surface area (Å²) in [5.41, 5.74) is 0.527. The van der Waals surface area contributed by atoms with Crippen LogP contribution in [-0.4, -0.2) is 30.5 Å². The Hall–Kier alpha value is -2.80. The first-order valence-electron chi connectivity index (χ1n) is 9.19. The van der Waals surface area contributed by atoms with Crippen LogP contribution in [0.25, 0.3) is 0 Å². The van der Waals surface area contributed by atoms with E-state index in [1.165, 1.54) is 0 Å². The average molecular weight is 398 g/mol. The number of anilines is 1. The number of methoxy groups -OCH3 is 1. The largest absolute Gasteiger partial charge is 0.495 e. The van der Waals surface area contributed by atoms with Gasteiger partial charge in [-0.15, -0.1) is 0 Å². The van der Waals surface area contributed by atoms with Gasteiger partial charge in [0.05, 0.1) is 25.4 Å². The maximum Gasteiger partial charge on any atom is 0.317 e. The lowest BCUT2D eigenvalue weighted by atomic mass is 9.79. The maximum atomic E-state index is 13.0. The normalized spacial score (nSPS) is 25.2. The fourth-order valence-corrected chi connectivity index (χ4v) is 4.51. The van der Waals surface area contributed by atoms with E-state index in [0.717, 1.165) is 11.3 Å². The average Bonchev–Trinajstić information content (AvgIpc) is 2.67. The number of nitrogens with zero attached hydrogens (tertiary/aromatic N) is 1. The van der Waals surface area contributed by atoms with Crippen molar-refractivity contribution in [1.82, 2.24) is 5.32 Å². The lowest BCUT2D eigenvalue weighted by molar-refractivity contribution is -0.159. The Labute approximate surface area is 169 Å². The van der Waals surface area contributed by atoms with E-state index < -0.39 is 11.6 Å². The first kappa shape index (κ1) is 18.6. The maximum absolute atomic E-state index is 13.0. The van der Waals surface area contributed by atoms with Crippen LogP contribution in [0.2, 0.25) is 0 Å². The van der Waals surface area contributed by atoms with Crippen LogP contribution in [0.4, 0.5) is 5.69 Å². The highest BCUT2D eigenvalue weighted by atomic mass is 32.1. The molecule has 28 heavy (non-hydrogen) atoms. The third-order valence-electron chi connectivity index (χ3n) is 5.27. The summed E-state index contributed by atoms with van der Waals surface area (Å²) in [6.45, 7) is 3.96. The molecule has 0 spiro atoms. The SMILES string of the molecule is CCOC(=O)[C@@H]1[C@@H]2NC(=S)N(c3ccccc3OC)[C@@]1(C)Oc1ccccc12. The highest BCUT2D eigenvalue weighted by molar-refractivity contribution is 7.80. The van der Waals surface area contributed by atoms with E-state index in [1.54, 1.807) is 14.0 Å². The molecule has 1 fully saturated rings. The standard InChI is InChI=1S/C21H22N2O4S/c1-4-26-19(24)17-18-13-9-5-7-11-15(13)27-21(17,2)23(20(28)22-18)14-10-6-8-12-16(14)25-3/h5-12,17-18H,4H2,1-3H3,(H,22,28)/t17-,18+,21-/m0/s1. The summed E-state index contributed by atoms with van der Waals surface area (Å²) >= 11 is 5.70.